The summed E-state index contributed by atoms with van der Waals surface area (Å²) in [6, 6.07) is 2.63. The Hall–Kier alpha value is -1.62. The van der Waals surface area contributed by atoms with Crippen molar-refractivity contribution in [1.82, 2.24) is 5.32 Å². The summed E-state index contributed by atoms with van der Waals surface area (Å²) in [5.74, 6) is -1.29. The molecular formula is C15H18ClFN2O2. The molecule has 1 heterocycles. The van der Waals surface area contributed by atoms with Crippen molar-refractivity contribution < 1.29 is 14.0 Å². The molecule has 1 aliphatic heterocycles. The minimum Gasteiger partial charge on any atom is -0.342 e. The van der Waals surface area contributed by atoms with E-state index in [1.807, 2.05) is 13.8 Å². The SMILES string of the molecule is CCC1NC(=O)C(C(C)C)N(c2cc(Cl)ccc2F)C1=O. The van der Waals surface area contributed by atoms with Crippen LogP contribution in [-0.4, -0.2) is 23.9 Å². The minimum absolute atomic E-state index is 0.0551. The number of nitrogens with zero attached hydrogens (tertiary/aromatic N) is 1. The molecule has 0 saturated carbocycles. The number of halogens is 2. The highest BCUT2D eigenvalue weighted by Gasteiger charge is 2.43. The summed E-state index contributed by atoms with van der Waals surface area (Å²) in [5.41, 5.74) is 0.0551. The van der Waals surface area contributed by atoms with Gasteiger partial charge in [0.25, 0.3) is 0 Å². The highest BCUT2D eigenvalue weighted by Crippen LogP contribution is 2.30. The van der Waals surface area contributed by atoms with Gasteiger partial charge in [0.15, 0.2) is 0 Å². The third kappa shape index (κ3) is 2.88. The van der Waals surface area contributed by atoms with Crippen molar-refractivity contribution in [3.8, 4) is 0 Å². The van der Waals surface area contributed by atoms with Crippen molar-refractivity contribution in [2.24, 2.45) is 5.92 Å². The van der Waals surface area contributed by atoms with Gasteiger partial charge in [-0.1, -0.05) is 32.4 Å². The van der Waals surface area contributed by atoms with E-state index in [2.05, 4.69) is 5.32 Å². The van der Waals surface area contributed by atoms with Crippen LogP contribution < -0.4 is 10.2 Å². The quantitative estimate of drug-likeness (QED) is 0.933. The Kier molecular flexibility index (Phi) is 4.52. The number of benzene rings is 1. The monoisotopic (exact) mass is 312 g/mol. The van der Waals surface area contributed by atoms with Crippen molar-refractivity contribution >= 4 is 29.1 Å². The van der Waals surface area contributed by atoms with Gasteiger partial charge in [0.05, 0.1) is 5.69 Å². The molecule has 0 radical (unpaired) electrons. The summed E-state index contributed by atoms with van der Waals surface area (Å²) >= 11 is 5.91. The second-order valence-corrected chi connectivity index (χ2v) is 5.90. The molecule has 1 saturated heterocycles. The molecule has 1 fully saturated rings. The van der Waals surface area contributed by atoms with Crippen LogP contribution in [0.5, 0.6) is 0 Å². The Morgan fingerprint density at radius 3 is 2.62 bits per heavy atom. The van der Waals surface area contributed by atoms with Gasteiger partial charge in [-0.15, -0.1) is 0 Å². The third-order valence-electron chi connectivity index (χ3n) is 3.61. The molecule has 2 amide bonds. The van der Waals surface area contributed by atoms with E-state index in [1.165, 1.54) is 23.1 Å². The van der Waals surface area contributed by atoms with Gasteiger partial charge in [-0.3, -0.25) is 14.5 Å². The molecule has 2 atom stereocenters. The first-order valence-corrected chi connectivity index (χ1v) is 7.33. The molecule has 1 aliphatic rings. The van der Waals surface area contributed by atoms with Crippen LogP contribution in [0.2, 0.25) is 5.02 Å². The number of carbonyl (C=O) groups excluding carboxylic acids is 2. The lowest BCUT2D eigenvalue weighted by molar-refractivity contribution is -0.134. The molecule has 0 spiro atoms. The molecule has 2 unspecified atom stereocenters. The summed E-state index contributed by atoms with van der Waals surface area (Å²) in [6.07, 6.45) is 0.452. The lowest BCUT2D eigenvalue weighted by atomic mass is 9.95. The van der Waals surface area contributed by atoms with E-state index in [9.17, 15) is 14.0 Å². The van der Waals surface area contributed by atoms with E-state index < -0.39 is 17.9 Å². The topological polar surface area (TPSA) is 49.4 Å². The third-order valence-corrected chi connectivity index (χ3v) is 3.84. The molecule has 4 nitrogen and oxygen atoms in total. The normalized spacial score (nSPS) is 22.7. The van der Waals surface area contributed by atoms with Crippen molar-refractivity contribution in [2.45, 2.75) is 39.3 Å². The van der Waals surface area contributed by atoms with Crippen molar-refractivity contribution in [1.29, 1.82) is 0 Å². The molecule has 1 N–H and O–H groups in total. The largest absolute Gasteiger partial charge is 0.342 e. The number of amides is 2. The van der Waals surface area contributed by atoms with Crippen LogP contribution in [0, 0.1) is 11.7 Å². The van der Waals surface area contributed by atoms with Crippen LogP contribution in [0.15, 0.2) is 18.2 Å². The summed E-state index contributed by atoms with van der Waals surface area (Å²) in [4.78, 5) is 26.1. The molecule has 1 aromatic carbocycles. The lowest BCUT2D eigenvalue weighted by Gasteiger charge is -2.40. The molecular weight excluding hydrogens is 295 g/mol. The number of carbonyl (C=O) groups is 2. The first-order chi connectivity index (χ1) is 9.86. The maximum absolute atomic E-state index is 14.1. The Morgan fingerprint density at radius 2 is 2.05 bits per heavy atom. The molecule has 114 valence electrons. The molecule has 21 heavy (non-hydrogen) atoms. The van der Waals surface area contributed by atoms with Gasteiger partial charge in [-0.2, -0.15) is 0 Å². The molecule has 6 heteroatoms. The summed E-state index contributed by atoms with van der Waals surface area (Å²) in [7, 11) is 0. The number of nitrogens with one attached hydrogen (secondary N) is 1. The number of piperazine rings is 1. The van der Waals surface area contributed by atoms with Crippen LogP contribution in [0.25, 0.3) is 0 Å². The molecule has 0 aliphatic carbocycles. The Labute approximate surface area is 128 Å². The Bertz CT molecular complexity index is 577. The van der Waals surface area contributed by atoms with Crippen LogP contribution in [0.1, 0.15) is 27.2 Å². The standard InChI is InChI=1S/C15H18ClFN2O2/c1-4-11-15(21)19(13(8(2)3)14(20)18-11)12-7-9(16)5-6-10(12)17/h5-8,11,13H,4H2,1-3H3,(H,18,20). The van der Waals surface area contributed by atoms with E-state index in [0.717, 1.165) is 0 Å². The van der Waals surface area contributed by atoms with Crippen molar-refractivity contribution in [3.05, 3.63) is 29.0 Å². The fourth-order valence-corrected chi connectivity index (χ4v) is 2.72. The van der Waals surface area contributed by atoms with Gasteiger partial charge in [-0.05, 0) is 30.5 Å². The van der Waals surface area contributed by atoms with Gasteiger partial charge >= 0.3 is 0 Å². The second kappa shape index (κ2) is 6.02. The minimum atomic E-state index is -0.742. The average molecular weight is 313 g/mol. The van der Waals surface area contributed by atoms with Gasteiger partial charge < -0.3 is 5.32 Å². The fraction of sp³-hybridized carbons (Fsp3) is 0.467. The van der Waals surface area contributed by atoms with Crippen molar-refractivity contribution in [3.63, 3.8) is 0 Å². The molecule has 2 rings (SSSR count). The highest BCUT2D eigenvalue weighted by atomic mass is 35.5. The van der Waals surface area contributed by atoms with E-state index in [1.54, 1.807) is 6.92 Å². The Balaban J connectivity index is 2.55. The van der Waals surface area contributed by atoms with Crippen LogP contribution >= 0.6 is 11.6 Å². The van der Waals surface area contributed by atoms with Crippen molar-refractivity contribution in [2.75, 3.05) is 4.90 Å². The summed E-state index contributed by atoms with van der Waals surface area (Å²) in [5, 5.41) is 3.02. The zero-order valence-electron chi connectivity index (χ0n) is 12.2. The average Bonchev–Trinajstić information content (AvgIpc) is 2.43. The predicted octanol–water partition coefficient (Wildman–Crippen LogP) is 2.75. The number of hydrogen-bond acceptors (Lipinski definition) is 2. The first-order valence-electron chi connectivity index (χ1n) is 6.95. The van der Waals surface area contributed by atoms with Gasteiger partial charge in [-0.25, -0.2) is 4.39 Å². The van der Waals surface area contributed by atoms with Crippen LogP contribution in [-0.2, 0) is 9.59 Å². The van der Waals surface area contributed by atoms with E-state index in [-0.39, 0.29) is 23.4 Å². The van der Waals surface area contributed by atoms with E-state index in [4.69, 9.17) is 11.6 Å². The Morgan fingerprint density at radius 1 is 1.38 bits per heavy atom. The molecule has 1 aromatic rings. The van der Waals surface area contributed by atoms with E-state index in [0.29, 0.717) is 11.4 Å². The predicted molar refractivity (Wildman–Crippen MR) is 79.7 cm³/mol. The zero-order valence-corrected chi connectivity index (χ0v) is 12.9. The summed E-state index contributed by atoms with van der Waals surface area (Å²) < 4.78 is 14.1. The van der Waals surface area contributed by atoms with Gasteiger partial charge in [0.1, 0.15) is 17.9 Å². The maximum atomic E-state index is 14.1. The number of rotatable bonds is 3. The fourth-order valence-electron chi connectivity index (χ4n) is 2.56. The molecule has 0 bridgehead atoms. The zero-order chi connectivity index (χ0) is 15.7. The number of anilines is 1. The maximum Gasteiger partial charge on any atom is 0.250 e. The van der Waals surface area contributed by atoms with Gasteiger partial charge in [0.2, 0.25) is 11.8 Å². The number of hydrogen-bond donors (Lipinski definition) is 1. The highest BCUT2D eigenvalue weighted by molar-refractivity contribution is 6.31. The molecule has 0 aromatic heterocycles. The van der Waals surface area contributed by atoms with E-state index >= 15 is 0 Å². The lowest BCUT2D eigenvalue weighted by Crippen LogP contribution is -2.65. The van der Waals surface area contributed by atoms with Crippen LogP contribution in [0.4, 0.5) is 10.1 Å². The van der Waals surface area contributed by atoms with Crippen LogP contribution in [0.3, 0.4) is 0 Å². The smallest absolute Gasteiger partial charge is 0.250 e. The van der Waals surface area contributed by atoms with Gasteiger partial charge in [0, 0.05) is 5.02 Å². The second-order valence-electron chi connectivity index (χ2n) is 5.46. The first kappa shape index (κ1) is 15.8. The summed E-state index contributed by atoms with van der Waals surface area (Å²) in [6.45, 7) is 5.43.